The summed E-state index contributed by atoms with van der Waals surface area (Å²) in [6, 6.07) is 17.5. The first-order valence-electron chi connectivity index (χ1n) is 9.99. The van der Waals surface area contributed by atoms with Gasteiger partial charge in [0.2, 0.25) is 5.60 Å². The summed E-state index contributed by atoms with van der Waals surface area (Å²) in [6.07, 6.45) is -5.31. The number of rotatable bonds is 8. The second-order valence-electron chi connectivity index (χ2n) is 7.57. The van der Waals surface area contributed by atoms with Gasteiger partial charge in [-0.3, -0.25) is 9.52 Å². The van der Waals surface area contributed by atoms with Crippen molar-refractivity contribution < 1.29 is 40.6 Å². The van der Waals surface area contributed by atoms with Crippen molar-refractivity contribution in [2.75, 3.05) is 10.0 Å². The van der Waals surface area contributed by atoms with Crippen molar-refractivity contribution >= 4 is 27.3 Å². The maximum Gasteiger partial charge on any atom is 0.426 e. The fraction of sp³-hybridized carbons (Fsp3) is 0.174. The summed E-state index contributed by atoms with van der Waals surface area (Å²) in [5, 5.41) is 11.0. The molecular formula is C23H20F4N2O5S. The Kier molecular flexibility index (Phi) is 7.36. The van der Waals surface area contributed by atoms with E-state index in [1.54, 1.807) is 17.4 Å². The molecule has 3 rings (SSSR count). The third-order valence-electron chi connectivity index (χ3n) is 4.83. The highest BCUT2D eigenvalue weighted by molar-refractivity contribution is 7.92. The second kappa shape index (κ2) is 9.92. The van der Waals surface area contributed by atoms with E-state index < -0.39 is 44.1 Å². The molecule has 1 atom stereocenters. The molecule has 3 N–H and O–H groups in total. The third kappa shape index (κ3) is 6.28. The van der Waals surface area contributed by atoms with Crippen LogP contribution in [0.15, 0.2) is 77.7 Å². The maximum absolute atomic E-state index is 14.4. The highest BCUT2D eigenvalue weighted by Gasteiger charge is 2.55. The van der Waals surface area contributed by atoms with E-state index >= 15 is 0 Å². The van der Waals surface area contributed by atoms with Crippen LogP contribution in [0.4, 0.5) is 28.9 Å². The molecule has 7 nitrogen and oxygen atoms in total. The summed E-state index contributed by atoms with van der Waals surface area (Å²) in [6.45, 7) is 0.456. The number of alkyl halides is 3. The van der Waals surface area contributed by atoms with E-state index in [0.717, 1.165) is 17.7 Å². The van der Waals surface area contributed by atoms with Crippen LogP contribution in [0.1, 0.15) is 12.5 Å². The second-order valence-corrected chi connectivity index (χ2v) is 9.26. The van der Waals surface area contributed by atoms with Gasteiger partial charge in [-0.1, -0.05) is 36.4 Å². The summed E-state index contributed by atoms with van der Waals surface area (Å²) < 4.78 is 86.0. The van der Waals surface area contributed by atoms with Crippen LogP contribution in [0.2, 0.25) is 0 Å². The van der Waals surface area contributed by atoms with Crippen LogP contribution in [0, 0.1) is 5.82 Å². The van der Waals surface area contributed by atoms with Crippen molar-refractivity contribution in [3.05, 3.63) is 84.2 Å². The molecule has 12 heteroatoms. The van der Waals surface area contributed by atoms with Crippen LogP contribution in [0.25, 0.3) is 0 Å². The first-order chi connectivity index (χ1) is 16.3. The maximum atomic E-state index is 14.4. The average molecular weight is 512 g/mol. The molecule has 3 aromatic carbocycles. The lowest BCUT2D eigenvalue weighted by Gasteiger charge is -2.25. The first-order valence-corrected chi connectivity index (χ1v) is 11.5. The Morgan fingerprint density at radius 2 is 1.69 bits per heavy atom. The van der Waals surface area contributed by atoms with Gasteiger partial charge in [0.25, 0.3) is 15.9 Å². The molecular weight excluding hydrogens is 492 g/mol. The monoisotopic (exact) mass is 512 g/mol. The Hall–Kier alpha value is -3.64. The molecule has 0 radical (unpaired) electrons. The van der Waals surface area contributed by atoms with Gasteiger partial charge < -0.3 is 15.2 Å². The quantitative estimate of drug-likeness (QED) is 0.387. The molecule has 3 aromatic rings. The van der Waals surface area contributed by atoms with Crippen LogP contribution in [0.5, 0.6) is 5.75 Å². The summed E-state index contributed by atoms with van der Waals surface area (Å²) in [5.74, 6) is -2.88. The van der Waals surface area contributed by atoms with Crippen LogP contribution in [0.3, 0.4) is 0 Å². The lowest BCUT2D eigenvalue weighted by atomic mass is 10.1. The van der Waals surface area contributed by atoms with E-state index in [0.29, 0.717) is 11.8 Å². The van der Waals surface area contributed by atoms with E-state index in [1.165, 1.54) is 12.1 Å². The van der Waals surface area contributed by atoms with Crippen molar-refractivity contribution in [2.24, 2.45) is 0 Å². The zero-order valence-electron chi connectivity index (χ0n) is 18.1. The van der Waals surface area contributed by atoms with Crippen molar-refractivity contribution in [2.45, 2.75) is 30.2 Å². The molecule has 0 unspecified atom stereocenters. The van der Waals surface area contributed by atoms with E-state index in [9.17, 15) is 35.9 Å². The number of benzene rings is 3. The number of carbonyl (C=O) groups is 1. The van der Waals surface area contributed by atoms with Crippen molar-refractivity contribution in [3.8, 4) is 5.75 Å². The van der Waals surface area contributed by atoms with Gasteiger partial charge in [0.15, 0.2) is 0 Å². The summed E-state index contributed by atoms with van der Waals surface area (Å²) in [4.78, 5) is 11.2. The number of halogens is 4. The van der Waals surface area contributed by atoms with E-state index in [2.05, 4.69) is 4.72 Å². The van der Waals surface area contributed by atoms with Gasteiger partial charge in [-0.05, 0) is 42.8 Å². The third-order valence-corrected chi connectivity index (χ3v) is 6.21. The highest BCUT2D eigenvalue weighted by Crippen LogP contribution is 2.32. The largest absolute Gasteiger partial charge is 0.489 e. The average Bonchev–Trinajstić information content (AvgIpc) is 2.78. The highest BCUT2D eigenvalue weighted by atomic mass is 32.2. The smallest absolute Gasteiger partial charge is 0.426 e. The molecule has 186 valence electrons. The minimum absolute atomic E-state index is 0.120. The molecule has 0 bridgehead atoms. The van der Waals surface area contributed by atoms with Gasteiger partial charge in [-0.25, -0.2) is 12.8 Å². The molecule has 0 aromatic heterocycles. The van der Waals surface area contributed by atoms with Crippen LogP contribution in [-0.4, -0.2) is 31.2 Å². The number of ether oxygens (including phenoxy) is 1. The molecule has 1 amide bonds. The molecule has 0 saturated carbocycles. The Morgan fingerprint density at radius 3 is 2.31 bits per heavy atom. The lowest BCUT2D eigenvalue weighted by molar-refractivity contribution is -0.242. The molecule has 0 aliphatic rings. The standard InChI is InChI=1S/C23H20F4N2O5S/c1-22(31,23(25,26)27)21(30)28-20-11-10-18(13-19(20)24)35(32,33)29-16-8-5-9-17(12-16)34-14-15-6-3-2-4-7-15/h2-13,29,31H,14H2,1H3,(H,28,30)/t22-/m1/s1. The molecule has 0 aliphatic heterocycles. The molecule has 0 spiro atoms. The van der Waals surface area contributed by atoms with Crippen molar-refractivity contribution in [1.29, 1.82) is 0 Å². The SMILES string of the molecule is C[C@@](O)(C(=O)Nc1ccc(S(=O)(=O)Nc2cccc(OCc3ccccc3)c2)cc1F)C(F)(F)F. The van der Waals surface area contributed by atoms with Crippen LogP contribution < -0.4 is 14.8 Å². The predicted octanol–water partition coefficient (Wildman–Crippen LogP) is 4.46. The number of nitrogens with one attached hydrogen (secondary N) is 2. The predicted molar refractivity (Wildman–Crippen MR) is 120 cm³/mol. The van der Waals surface area contributed by atoms with E-state index in [4.69, 9.17) is 4.74 Å². The van der Waals surface area contributed by atoms with Crippen molar-refractivity contribution in [1.82, 2.24) is 0 Å². The summed E-state index contributed by atoms with van der Waals surface area (Å²) >= 11 is 0. The van der Waals surface area contributed by atoms with E-state index in [1.807, 2.05) is 30.3 Å². The van der Waals surface area contributed by atoms with Gasteiger partial charge in [0.1, 0.15) is 18.2 Å². The van der Waals surface area contributed by atoms with Gasteiger partial charge >= 0.3 is 6.18 Å². The molecule has 0 heterocycles. The van der Waals surface area contributed by atoms with Crippen LogP contribution in [-0.2, 0) is 21.4 Å². The Labute approximate surface area is 198 Å². The lowest BCUT2D eigenvalue weighted by Crippen LogP contribution is -2.52. The minimum atomic E-state index is -5.31. The van der Waals surface area contributed by atoms with E-state index in [-0.39, 0.29) is 19.2 Å². The molecule has 0 fully saturated rings. The Bertz CT molecular complexity index is 1310. The number of hydrogen-bond donors (Lipinski definition) is 3. The minimum Gasteiger partial charge on any atom is -0.489 e. The first kappa shape index (κ1) is 26.0. The fourth-order valence-electron chi connectivity index (χ4n) is 2.74. The Morgan fingerprint density at radius 1 is 1.00 bits per heavy atom. The fourth-order valence-corrected chi connectivity index (χ4v) is 3.80. The summed E-state index contributed by atoms with van der Waals surface area (Å²) in [5.41, 5.74) is -3.50. The topological polar surface area (TPSA) is 105 Å². The van der Waals surface area contributed by atoms with Crippen molar-refractivity contribution in [3.63, 3.8) is 0 Å². The normalized spacial score (nSPS) is 13.5. The number of sulfonamides is 1. The van der Waals surface area contributed by atoms with Gasteiger partial charge in [-0.2, -0.15) is 13.2 Å². The molecule has 0 aliphatic carbocycles. The molecule has 35 heavy (non-hydrogen) atoms. The summed E-state index contributed by atoms with van der Waals surface area (Å²) in [7, 11) is -4.30. The zero-order valence-corrected chi connectivity index (χ0v) is 19.0. The van der Waals surface area contributed by atoms with Gasteiger partial charge in [0.05, 0.1) is 16.3 Å². The number of amides is 1. The number of anilines is 2. The number of aliphatic hydroxyl groups is 1. The Balaban J connectivity index is 1.72. The van der Waals surface area contributed by atoms with Crippen LogP contribution >= 0.6 is 0 Å². The van der Waals surface area contributed by atoms with Gasteiger partial charge in [-0.15, -0.1) is 0 Å². The number of hydrogen-bond acceptors (Lipinski definition) is 5. The zero-order chi connectivity index (χ0) is 25.9. The van der Waals surface area contributed by atoms with Gasteiger partial charge in [0, 0.05) is 6.07 Å². The number of carbonyl (C=O) groups excluding carboxylic acids is 1. The molecule has 0 saturated heterocycles.